The number of nitrogens with one attached hydrogen (secondary N) is 1. The Morgan fingerprint density at radius 1 is 1.40 bits per heavy atom. The van der Waals surface area contributed by atoms with Gasteiger partial charge in [-0.1, -0.05) is 0 Å². The molecule has 0 amide bonds. The number of hydrogen-bond donors (Lipinski definition) is 1. The average molecular weight is 142 g/mol. The lowest BCUT2D eigenvalue weighted by Crippen LogP contribution is -2.42. The molecule has 1 rings (SSSR count). The van der Waals surface area contributed by atoms with Crippen molar-refractivity contribution < 1.29 is 0 Å². The molecule has 1 N–H and O–H groups in total. The summed E-state index contributed by atoms with van der Waals surface area (Å²) in [5, 5.41) is 7.42. The molecule has 0 atom stereocenters. The van der Waals surface area contributed by atoms with Gasteiger partial charge in [-0.15, -0.1) is 0 Å². The molecule has 1 aliphatic heterocycles. The summed E-state index contributed by atoms with van der Waals surface area (Å²) in [5.74, 6) is 0. The van der Waals surface area contributed by atoms with Crippen LogP contribution in [-0.2, 0) is 0 Å². The summed E-state index contributed by atoms with van der Waals surface area (Å²) >= 11 is 0. The van der Waals surface area contributed by atoms with Crippen LogP contribution in [0.1, 0.15) is 0 Å². The van der Waals surface area contributed by atoms with E-state index in [0.717, 1.165) is 32.7 Å². The van der Waals surface area contributed by atoms with Crippen LogP contribution in [0.25, 0.3) is 0 Å². The Kier molecular flexibility index (Phi) is 3.72. The van der Waals surface area contributed by atoms with Crippen molar-refractivity contribution in [3.05, 3.63) is 0 Å². The lowest BCUT2D eigenvalue weighted by molar-refractivity contribution is 0.240. The number of likely N-dealkylation sites (N-methyl/N-ethyl adjacent to an activating group) is 1. The van der Waals surface area contributed by atoms with Crippen molar-refractivity contribution in [2.24, 2.45) is 0 Å². The molecular weight excluding hydrogens is 126 g/mol. The molecule has 3 heteroatoms. The minimum absolute atomic E-state index is 1.03. The lowest BCUT2D eigenvalue weighted by Gasteiger charge is -2.25. The third kappa shape index (κ3) is 2.64. The molecule has 0 aromatic rings. The quantitative estimate of drug-likeness (QED) is 0.555. The Morgan fingerprint density at radius 3 is 2.70 bits per heavy atom. The van der Waals surface area contributed by atoms with Gasteiger partial charge in [0.15, 0.2) is 0 Å². The van der Waals surface area contributed by atoms with Gasteiger partial charge in [0.1, 0.15) is 0 Å². The smallest absolute Gasteiger partial charge is 0.0261 e. The largest absolute Gasteiger partial charge is 0.318 e. The van der Waals surface area contributed by atoms with Crippen molar-refractivity contribution in [3.63, 3.8) is 0 Å². The first-order valence-electron chi connectivity index (χ1n) is 3.93. The third-order valence-electron chi connectivity index (χ3n) is 1.83. The highest BCUT2D eigenvalue weighted by Gasteiger charge is 2.07. The van der Waals surface area contributed by atoms with Crippen LogP contribution in [-0.4, -0.2) is 51.2 Å². The van der Waals surface area contributed by atoms with Gasteiger partial charge >= 0.3 is 0 Å². The Bertz CT molecular complexity index is 78.9. The third-order valence-corrected chi connectivity index (χ3v) is 1.83. The van der Waals surface area contributed by atoms with Crippen LogP contribution in [0.4, 0.5) is 0 Å². The monoisotopic (exact) mass is 142 g/mol. The number of piperazine rings is 1. The van der Waals surface area contributed by atoms with E-state index in [4.69, 9.17) is 0 Å². The molecule has 0 spiro atoms. The van der Waals surface area contributed by atoms with Crippen molar-refractivity contribution in [1.82, 2.24) is 15.5 Å². The fourth-order valence-corrected chi connectivity index (χ4v) is 1.14. The Morgan fingerprint density at radius 2 is 2.10 bits per heavy atom. The SMILES string of the molecule is CNCCN1CC[N]CC1. The van der Waals surface area contributed by atoms with Gasteiger partial charge in [0.25, 0.3) is 0 Å². The molecule has 59 valence electrons. The topological polar surface area (TPSA) is 29.4 Å². The molecule has 0 aromatic heterocycles. The van der Waals surface area contributed by atoms with E-state index < -0.39 is 0 Å². The highest BCUT2D eigenvalue weighted by molar-refractivity contribution is 4.67. The second kappa shape index (κ2) is 4.66. The van der Waals surface area contributed by atoms with Crippen LogP contribution < -0.4 is 10.6 Å². The molecule has 10 heavy (non-hydrogen) atoms. The number of rotatable bonds is 3. The van der Waals surface area contributed by atoms with E-state index in [1.54, 1.807) is 0 Å². The molecule has 0 aliphatic carbocycles. The lowest BCUT2D eigenvalue weighted by atomic mass is 10.3. The van der Waals surface area contributed by atoms with Gasteiger partial charge in [-0.2, -0.15) is 0 Å². The second-order valence-electron chi connectivity index (χ2n) is 2.62. The van der Waals surface area contributed by atoms with Crippen LogP contribution in [0.2, 0.25) is 0 Å². The van der Waals surface area contributed by atoms with Crippen LogP contribution >= 0.6 is 0 Å². The summed E-state index contributed by atoms with van der Waals surface area (Å²) in [6, 6.07) is 0. The minimum Gasteiger partial charge on any atom is -0.318 e. The maximum Gasteiger partial charge on any atom is 0.0261 e. The van der Waals surface area contributed by atoms with Crippen LogP contribution in [0, 0.1) is 0 Å². The highest BCUT2D eigenvalue weighted by Crippen LogP contribution is 1.90. The molecule has 1 radical (unpaired) electrons. The molecule has 1 saturated heterocycles. The Labute approximate surface area is 62.8 Å². The normalized spacial score (nSPS) is 21.3. The molecule has 0 unspecified atom stereocenters. The summed E-state index contributed by atoms with van der Waals surface area (Å²) in [4.78, 5) is 2.45. The summed E-state index contributed by atoms with van der Waals surface area (Å²) in [6.45, 7) is 6.64. The summed E-state index contributed by atoms with van der Waals surface area (Å²) in [7, 11) is 1.99. The summed E-state index contributed by atoms with van der Waals surface area (Å²) in [5.41, 5.74) is 0. The van der Waals surface area contributed by atoms with Gasteiger partial charge < -0.3 is 5.32 Å². The van der Waals surface area contributed by atoms with Gasteiger partial charge in [0.2, 0.25) is 0 Å². The zero-order valence-corrected chi connectivity index (χ0v) is 6.64. The molecule has 1 fully saturated rings. The van der Waals surface area contributed by atoms with E-state index in [1.807, 2.05) is 7.05 Å². The molecule has 0 bridgehead atoms. The zero-order valence-electron chi connectivity index (χ0n) is 6.64. The van der Waals surface area contributed by atoms with Crippen molar-refractivity contribution in [3.8, 4) is 0 Å². The average Bonchev–Trinajstić information content (AvgIpc) is 2.03. The number of nitrogens with zero attached hydrogens (tertiary/aromatic N) is 2. The van der Waals surface area contributed by atoms with E-state index in [2.05, 4.69) is 15.5 Å². The van der Waals surface area contributed by atoms with Gasteiger partial charge in [0.05, 0.1) is 0 Å². The first-order valence-corrected chi connectivity index (χ1v) is 3.93. The van der Waals surface area contributed by atoms with Gasteiger partial charge in [-0.25, -0.2) is 5.32 Å². The fourth-order valence-electron chi connectivity index (χ4n) is 1.14. The first-order chi connectivity index (χ1) is 4.93. The van der Waals surface area contributed by atoms with Crippen LogP contribution in [0.3, 0.4) is 0 Å². The standard InChI is InChI=1S/C7H16N3/c1-8-2-5-10-6-3-9-4-7-10/h8H,2-7H2,1H3. The second-order valence-corrected chi connectivity index (χ2v) is 2.62. The predicted molar refractivity (Wildman–Crippen MR) is 42.2 cm³/mol. The maximum absolute atomic E-state index is 4.27. The molecule has 0 aromatic carbocycles. The zero-order chi connectivity index (χ0) is 7.23. The molecule has 1 aliphatic rings. The van der Waals surface area contributed by atoms with E-state index in [1.165, 1.54) is 6.54 Å². The van der Waals surface area contributed by atoms with Crippen molar-refractivity contribution in [1.29, 1.82) is 0 Å². The van der Waals surface area contributed by atoms with Crippen LogP contribution in [0.5, 0.6) is 0 Å². The van der Waals surface area contributed by atoms with Crippen molar-refractivity contribution in [2.75, 3.05) is 46.3 Å². The number of hydrogen-bond acceptors (Lipinski definition) is 2. The van der Waals surface area contributed by atoms with E-state index in [-0.39, 0.29) is 0 Å². The molecule has 0 saturated carbocycles. The van der Waals surface area contributed by atoms with Gasteiger partial charge in [-0.3, -0.25) is 4.90 Å². The van der Waals surface area contributed by atoms with E-state index >= 15 is 0 Å². The Hall–Kier alpha value is -0.120. The van der Waals surface area contributed by atoms with Gasteiger partial charge in [-0.05, 0) is 7.05 Å². The minimum atomic E-state index is 1.03. The fraction of sp³-hybridized carbons (Fsp3) is 1.00. The van der Waals surface area contributed by atoms with Crippen LogP contribution in [0.15, 0.2) is 0 Å². The summed E-state index contributed by atoms with van der Waals surface area (Å²) < 4.78 is 0. The molecular formula is C7H16N3. The van der Waals surface area contributed by atoms with Crippen molar-refractivity contribution in [2.45, 2.75) is 0 Å². The highest BCUT2D eigenvalue weighted by atomic mass is 15.2. The molecule has 1 heterocycles. The van der Waals surface area contributed by atoms with Gasteiger partial charge in [0, 0.05) is 39.3 Å². The van der Waals surface area contributed by atoms with E-state index in [0.29, 0.717) is 0 Å². The maximum atomic E-state index is 4.27. The first kappa shape index (κ1) is 7.98. The predicted octanol–water partition coefficient (Wildman–Crippen LogP) is -0.874. The molecule has 3 nitrogen and oxygen atoms in total. The van der Waals surface area contributed by atoms with E-state index in [9.17, 15) is 0 Å². The summed E-state index contributed by atoms with van der Waals surface area (Å²) in [6.07, 6.45) is 0. The Balaban J connectivity index is 2.02. The van der Waals surface area contributed by atoms with Crippen molar-refractivity contribution >= 4 is 0 Å².